The molecule has 0 saturated carbocycles. The molecule has 1 rings (SSSR count). The number of nitrogens with one attached hydrogen (secondary N) is 1. The summed E-state index contributed by atoms with van der Waals surface area (Å²) in [5.74, 6) is 0.512. The third-order valence-corrected chi connectivity index (χ3v) is 4.65. The van der Waals surface area contributed by atoms with Crippen LogP contribution >= 0.6 is 0 Å². The van der Waals surface area contributed by atoms with E-state index in [2.05, 4.69) is 19.2 Å². The van der Waals surface area contributed by atoms with E-state index in [4.69, 9.17) is 0 Å². The van der Waals surface area contributed by atoms with Gasteiger partial charge in [0, 0.05) is 19.1 Å². The van der Waals surface area contributed by atoms with E-state index in [1.54, 1.807) is 4.31 Å². The lowest BCUT2D eigenvalue weighted by molar-refractivity contribution is 0.241. The first-order chi connectivity index (χ1) is 7.93. The molecule has 0 aromatic carbocycles. The van der Waals surface area contributed by atoms with Crippen LogP contribution in [0.4, 0.5) is 0 Å². The van der Waals surface area contributed by atoms with E-state index in [9.17, 15) is 8.42 Å². The first-order valence-electron chi connectivity index (χ1n) is 6.62. The van der Waals surface area contributed by atoms with Crippen LogP contribution in [0, 0.1) is 5.92 Å². The number of hydrogen-bond donors (Lipinski definition) is 1. The van der Waals surface area contributed by atoms with Crippen molar-refractivity contribution < 1.29 is 8.42 Å². The molecule has 0 bridgehead atoms. The largest absolute Gasteiger partial charge is 0.314 e. The van der Waals surface area contributed by atoms with Crippen molar-refractivity contribution in [3.05, 3.63) is 0 Å². The molecule has 1 fully saturated rings. The molecular weight excluding hydrogens is 236 g/mol. The van der Waals surface area contributed by atoms with Gasteiger partial charge in [0.05, 0.1) is 6.26 Å². The first-order valence-corrected chi connectivity index (χ1v) is 8.46. The SMILES string of the molecule is CCCNC(C)CC1CCCN(S(C)(=O)=O)C1. The van der Waals surface area contributed by atoms with E-state index in [0.717, 1.165) is 32.2 Å². The van der Waals surface area contributed by atoms with Crippen LogP contribution < -0.4 is 5.32 Å². The van der Waals surface area contributed by atoms with Crippen LogP contribution in [0.3, 0.4) is 0 Å². The van der Waals surface area contributed by atoms with Gasteiger partial charge in [0.15, 0.2) is 0 Å². The molecule has 0 radical (unpaired) electrons. The van der Waals surface area contributed by atoms with E-state index < -0.39 is 10.0 Å². The minimum Gasteiger partial charge on any atom is -0.314 e. The Kier molecular flexibility index (Phi) is 5.89. The maximum absolute atomic E-state index is 11.5. The molecule has 1 N–H and O–H groups in total. The van der Waals surface area contributed by atoms with Crippen LogP contribution in [0.2, 0.25) is 0 Å². The second-order valence-corrected chi connectivity index (χ2v) is 7.20. The smallest absolute Gasteiger partial charge is 0.211 e. The van der Waals surface area contributed by atoms with Gasteiger partial charge in [-0.2, -0.15) is 0 Å². The van der Waals surface area contributed by atoms with Gasteiger partial charge in [-0.3, -0.25) is 0 Å². The first kappa shape index (κ1) is 14.9. The highest BCUT2D eigenvalue weighted by Crippen LogP contribution is 2.22. The Bertz CT molecular complexity index is 316. The van der Waals surface area contributed by atoms with Crippen molar-refractivity contribution in [1.29, 1.82) is 0 Å². The normalized spacial score (nSPS) is 24.8. The Morgan fingerprint density at radius 2 is 2.18 bits per heavy atom. The van der Waals surface area contributed by atoms with Crippen molar-refractivity contribution in [2.75, 3.05) is 25.9 Å². The second-order valence-electron chi connectivity index (χ2n) is 5.22. The molecule has 0 amide bonds. The number of piperidine rings is 1. The average Bonchev–Trinajstić information content (AvgIpc) is 2.25. The fourth-order valence-corrected chi connectivity index (χ4v) is 3.44. The van der Waals surface area contributed by atoms with Gasteiger partial charge in [0.1, 0.15) is 0 Å². The van der Waals surface area contributed by atoms with Gasteiger partial charge in [-0.05, 0) is 45.1 Å². The molecule has 17 heavy (non-hydrogen) atoms. The molecule has 1 aliphatic rings. The lowest BCUT2D eigenvalue weighted by Gasteiger charge is -2.32. The molecule has 102 valence electrons. The highest BCUT2D eigenvalue weighted by atomic mass is 32.2. The molecule has 1 heterocycles. The minimum absolute atomic E-state index is 0.486. The Labute approximate surface area is 106 Å². The highest BCUT2D eigenvalue weighted by Gasteiger charge is 2.26. The van der Waals surface area contributed by atoms with Crippen molar-refractivity contribution in [2.24, 2.45) is 5.92 Å². The van der Waals surface area contributed by atoms with Gasteiger partial charge >= 0.3 is 0 Å². The Balaban J connectivity index is 2.39. The zero-order valence-corrected chi connectivity index (χ0v) is 12.1. The van der Waals surface area contributed by atoms with Crippen molar-refractivity contribution in [1.82, 2.24) is 9.62 Å². The maximum Gasteiger partial charge on any atom is 0.211 e. The van der Waals surface area contributed by atoms with Crippen LogP contribution in [-0.4, -0.2) is 44.7 Å². The van der Waals surface area contributed by atoms with Crippen LogP contribution in [0.5, 0.6) is 0 Å². The molecule has 0 aromatic rings. The molecular formula is C12H26N2O2S. The lowest BCUT2D eigenvalue weighted by Crippen LogP contribution is -2.41. The molecule has 0 aliphatic carbocycles. The lowest BCUT2D eigenvalue weighted by atomic mass is 9.93. The average molecular weight is 262 g/mol. The summed E-state index contributed by atoms with van der Waals surface area (Å²) >= 11 is 0. The van der Waals surface area contributed by atoms with E-state index in [1.165, 1.54) is 6.26 Å². The molecule has 4 nitrogen and oxygen atoms in total. The topological polar surface area (TPSA) is 49.4 Å². The Morgan fingerprint density at radius 3 is 2.76 bits per heavy atom. The summed E-state index contributed by atoms with van der Waals surface area (Å²) in [6.07, 6.45) is 5.69. The molecule has 2 atom stereocenters. The van der Waals surface area contributed by atoms with Gasteiger partial charge in [-0.1, -0.05) is 6.92 Å². The summed E-state index contributed by atoms with van der Waals surface area (Å²) in [4.78, 5) is 0. The predicted octanol–water partition coefficient (Wildman–Crippen LogP) is 1.44. The van der Waals surface area contributed by atoms with Gasteiger partial charge in [0.25, 0.3) is 0 Å². The Morgan fingerprint density at radius 1 is 1.47 bits per heavy atom. The van der Waals surface area contributed by atoms with Crippen LogP contribution in [0.1, 0.15) is 39.5 Å². The highest BCUT2D eigenvalue weighted by molar-refractivity contribution is 7.88. The third-order valence-electron chi connectivity index (χ3n) is 3.38. The number of hydrogen-bond acceptors (Lipinski definition) is 3. The standard InChI is InChI=1S/C12H26N2O2S/c1-4-7-13-11(2)9-12-6-5-8-14(10-12)17(3,15)16/h11-13H,4-10H2,1-3H3. The van der Waals surface area contributed by atoms with Crippen molar-refractivity contribution in [3.8, 4) is 0 Å². The zero-order chi connectivity index (χ0) is 12.9. The number of nitrogens with zero attached hydrogens (tertiary/aromatic N) is 1. The van der Waals surface area contributed by atoms with E-state index in [0.29, 0.717) is 25.0 Å². The fourth-order valence-electron chi connectivity index (χ4n) is 2.49. The van der Waals surface area contributed by atoms with Crippen LogP contribution in [-0.2, 0) is 10.0 Å². The summed E-state index contributed by atoms with van der Waals surface area (Å²) in [6, 6.07) is 0.486. The van der Waals surface area contributed by atoms with Gasteiger partial charge in [-0.15, -0.1) is 0 Å². The Hall–Kier alpha value is -0.130. The van der Waals surface area contributed by atoms with Crippen molar-refractivity contribution >= 4 is 10.0 Å². The summed E-state index contributed by atoms with van der Waals surface area (Å²) in [6.45, 7) is 6.80. The molecule has 0 aromatic heterocycles. The second kappa shape index (κ2) is 6.71. The monoisotopic (exact) mass is 262 g/mol. The molecule has 1 saturated heterocycles. The predicted molar refractivity (Wildman–Crippen MR) is 71.5 cm³/mol. The fraction of sp³-hybridized carbons (Fsp3) is 1.00. The van der Waals surface area contributed by atoms with Crippen molar-refractivity contribution in [2.45, 2.75) is 45.6 Å². The third kappa shape index (κ3) is 5.36. The van der Waals surface area contributed by atoms with Crippen LogP contribution in [0.15, 0.2) is 0 Å². The quantitative estimate of drug-likeness (QED) is 0.788. The van der Waals surface area contributed by atoms with Gasteiger partial charge in [-0.25, -0.2) is 12.7 Å². The summed E-state index contributed by atoms with van der Waals surface area (Å²) < 4.78 is 24.6. The van der Waals surface area contributed by atoms with E-state index >= 15 is 0 Å². The van der Waals surface area contributed by atoms with Crippen molar-refractivity contribution in [3.63, 3.8) is 0 Å². The summed E-state index contributed by atoms with van der Waals surface area (Å²) in [7, 11) is -3.00. The molecule has 0 spiro atoms. The summed E-state index contributed by atoms with van der Waals surface area (Å²) in [5.41, 5.74) is 0. The summed E-state index contributed by atoms with van der Waals surface area (Å²) in [5, 5.41) is 3.47. The van der Waals surface area contributed by atoms with E-state index in [-0.39, 0.29) is 0 Å². The molecule has 5 heteroatoms. The van der Waals surface area contributed by atoms with Crippen LogP contribution in [0.25, 0.3) is 0 Å². The molecule has 2 unspecified atom stereocenters. The van der Waals surface area contributed by atoms with E-state index in [1.807, 2.05) is 0 Å². The van der Waals surface area contributed by atoms with Gasteiger partial charge in [0.2, 0.25) is 10.0 Å². The minimum atomic E-state index is -3.00. The molecule has 1 aliphatic heterocycles. The zero-order valence-electron chi connectivity index (χ0n) is 11.3. The number of rotatable bonds is 6. The number of sulfonamides is 1. The van der Waals surface area contributed by atoms with Gasteiger partial charge < -0.3 is 5.32 Å². The maximum atomic E-state index is 11.5.